The maximum atomic E-state index is 11.5. The van der Waals surface area contributed by atoms with Crippen molar-refractivity contribution in [2.45, 2.75) is 36.1 Å². The Morgan fingerprint density at radius 1 is 1.19 bits per heavy atom. The number of hydrogen-bond acceptors (Lipinski definition) is 4. The first-order valence-electron chi connectivity index (χ1n) is 7.03. The van der Waals surface area contributed by atoms with E-state index in [9.17, 15) is 8.42 Å². The van der Waals surface area contributed by atoms with Gasteiger partial charge < -0.3 is 10.7 Å². The van der Waals surface area contributed by atoms with E-state index in [0.717, 1.165) is 42.8 Å². The number of nitrogens with zero attached hydrogens (tertiary/aromatic N) is 1. The number of sulfone groups is 1. The summed E-state index contributed by atoms with van der Waals surface area (Å²) < 4.78 is 22.9. The number of hydrogen-bond donors (Lipinski definition) is 2. The number of H-pyrrole nitrogens is 1. The van der Waals surface area contributed by atoms with Crippen molar-refractivity contribution < 1.29 is 8.42 Å². The Hall–Kier alpha value is -1.66. The molecule has 1 aromatic heterocycles. The lowest BCUT2D eigenvalue weighted by Crippen LogP contribution is -2.34. The largest absolute Gasteiger partial charge is 0.340 e. The molecule has 0 radical (unpaired) electrons. The molecule has 3 rings (SSSR count). The van der Waals surface area contributed by atoms with Crippen molar-refractivity contribution >= 4 is 9.84 Å². The van der Waals surface area contributed by atoms with Gasteiger partial charge in [0.05, 0.1) is 22.3 Å². The highest BCUT2D eigenvalue weighted by Gasteiger charge is 2.33. The molecule has 0 amide bonds. The van der Waals surface area contributed by atoms with E-state index in [2.05, 4.69) is 9.97 Å². The zero-order chi connectivity index (χ0) is 15.1. The van der Waals surface area contributed by atoms with Gasteiger partial charge in [-0.3, -0.25) is 0 Å². The van der Waals surface area contributed by atoms with Gasteiger partial charge in [-0.15, -0.1) is 0 Å². The van der Waals surface area contributed by atoms with E-state index in [1.54, 1.807) is 30.5 Å². The highest BCUT2D eigenvalue weighted by Crippen LogP contribution is 2.35. The van der Waals surface area contributed by atoms with Crippen molar-refractivity contribution in [2.75, 3.05) is 6.26 Å². The number of rotatable bonds is 3. The fourth-order valence-corrected chi connectivity index (χ4v) is 3.48. The van der Waals surface area contributed by atoms with Gasteiger partial charge in [0.25, 0.3) is 0 Å². The smallest absolute Gasteiger partial charge is 0.175 e. The molecule has 0 spiro atoms. The van der Waals surface area contributed by atoms with Gasteiger partial charge in [-0.05, 0) is 30.5 Å². The van der Waals surface area contributed by atoms with Gasteiger partial charge in [0.15, 0.2) is 9.84 Å². The lowest BCUT2D eigenvalue weighted by molar-refractivity contribution is 0.436. The molecule has 112 valence electrons. The lowest BCUT2D eigenvalue weighted by Gasteiger charge is -2.20. The summed E-state index contributed by atoms with van der Waals surface area (Å²) in [6.45, 7) is 0. The highest BCUT2D eigenvalue weighted by molar-refractivity contribution is 7.90. The summed E-state index contributed by atoms with van der Waals surface area (Å²) in [7, 11) is -3.17. The van der Waals surface area contributed by atoms with Gasteiger partial charge >= 0.3 is 0 Å². The predicted octanol–water partition coefficient (Wildman–Crippen LogP) is 2.21. The van der Waals surface area contributed by atoms with E-state index in [0.29, 0.717) is 4.90 Å². The monoisotopic (exact) mass is 305 g/mol. The summed E-state index contributed by atoms with van der Waals surface area (Å²) >= 11 is 0. The van der Waals surface area contributed by atoms with Gasteiger partial charge in [-0.2, -0.15) is 0 Å². The van der Waals surface area contributed by atoms with Gasteiger partial charge in [-0.25, -0.2) is 13.4 Å². The Morgan fingerprint density at radius 2 is 1.81 bits per heavy atom. The van der Waals surface area contributed by atoms with E-state index in [1.165, 1.54) is 6.26 Å². The minimum absolute atomic E-state index is 0.317. The Morgan fingerprint density at radius 3 is 2.38 bits per heavy atom. The van der Waals surface area contributed by atoms with E-state index < -0.39 is 9.84 Å². The number of imidazole rings is 1. The number of nitrogens with one attached hydrogen (secondary N) is 1. The fraction of sp³-hybridized carbons (Fsp3) is 0.400. The van der Waals surface area contributed by atoms with Crippen LogP contribution < -0.4 is 5.73 Å². The Bertz CT molecular complexity index is 741. The zero-order valence-corrected chi connectivity index (χ0v) is 12.8. The molecular formula is C15H19N3O2S. The van der Waals surface area contributed by atoms with Crippen LogP contribution in [-0.4, -0.2) is 24.6 Å². The van der Waals surface area contributed by atoms with Crippen LogP contribution in [-0.2, 0) is 15.4 Å². The number of aromatic nitrogens is 2. The average molecular weight is 305 g/mol. The summed E-state index contributed by atoms with van der Waals surface area (Å²) in [5, 5.41) is 0. The van der Waals surface area contributed by atoms with Crippen LogP contribution in [0.3, 0.4) is 0 Å². The van der Waals surface area contributed by atoms with Crippen molar-refractivity contribution in [3.05, 3.63) is 36.3 Å². The molecule has 0 unspecified atom stereocenters. The van der Waals surface area contributed by atoms with Gasteiger partial charge in [0.2, 0.25) is 0 Å². The topological polar surface area (TPSA) is 88.8 Å². The second-order valence-electron chi connectivity index (χ2n) is 5.81. The van der Waals surface area contributed by atoms with Crippen molar-refractivity contribution in [3.63, 3.8) is 0 Å². The molecule has 1 heterocycles. The molecule has 3 N–H and O–H groups in total. The number of aromatic amines is 1. The molecule has 0 saturated heterocycles. The number of benzene rings is 1. The van der Waals surface area contributed by atoms with Gasteiger partial charge in [0, 0.05) is 6.26 Å². The Kier molecular flexibility index (Phi) is 3.37. The molecule has 0 atom stereocenters. The molecule has 6 heteroatoms. The standard InChI is InChI=1S/C15H19N3O2S/c1-21(19,20)12-6-4-11(5-7-12)13-10-17-14(18-13)15(16)8-2-3-9-15/h4-7,10H,2-3,8-9,16H2,1H3,(H,17,18). The zero-order valence-electron chi connectivity index (χ0n) is 12.0. The van der Waals surface area contributed by atoms with Crippen LogP contribution in [0.4, 0.5) is 0 Å². The van der Waals surface area contributed by atoms with Crippen molar-refractivity contribution in [1.29, 1.82) is 0 Å². The van der Waals surface area contributed by atoms with E-state index in [1.807, 2.05) is 0 Å². The molecule has 0 aliphatic heterocycles. The first-order valence-corrected chi connectivity index (χ1v) is 8.92. The van der Waals surface area contributed by atoms with Crippen LogP contribution in [0.25, 0.3) is 11.3 Å². The summed E-state index contributed by atoms with van der Waals surface area (Å²) in [4.78, 5) is 8.02. The van der Waals surface area contributed by atoms with Crippen molar-refractivity contribution in [1.82, 2.24) is 9.97 Å². The maximum absolute atomic E-state index is 11.5. The second kappa shape index (κ2) is 4.96. The van der Waals surface area contributed by atoms with Crippen LogP contribution >= 0.6 is 0 Å². The first-order chi connectivity index (χ1) is 9.88. The molecule has 1 aliphatic rings. The molecule has 1 saturated carbocycles. The third kappa shape index (κ3) is 2.73. The molecule has 1 fully saturated rings. The Balaban J connectivity index is 1.90. The lowest BCUT2D eigenvalue weighted by atomic mass is 9.99. The predicted molar refractivity (Wildman–Crippen MR) is 81.5 cm³/mol. The van der Waals surface area contributed by atoms with Crippen molar-refractivity contribution in [3.8, 4) is 11.3 Å². The van der Waals surface area contributed by atoms with Crippen LogP contribution in [0, 0.1) is 0 Å². The van der Waals surface area contributed by atoms with Crippen LogP contribution in [0.5, 0.6) is 0 Å². The summed E-state index contributed by atoms with van der Waals surface area (Å²) in [6, 6.07) is 6.79. The first kappa shape index (κ1) is 14.3. The summed E-state index contributed by atoms with van der Waals surface area (Å²) in [5.74, 6) is 0.821. The summed E-state index contributed by atoms with van der Waals surface area (Å²) in [6.07, 6.45) is 7.14. The van der Waals surface area contributed by atoms with Gasteiger partial charge in [-0.1, -0.05) is 25.0 Å². The molecule has 1 aromatic carbocycles. The average Bonchev–Trinajstić information content (AvgIpc) is 3.07. The van der Waals surface area contributed by atoms with Crippen LogP contribution in [0.2, 0.25) is 0 Å². The highest BCUT2D eigenvalue weighted by atomic mass is 32.2. The third-order valence-corrected chi connectivity index (χ3v) is 5.27. The minimum atomic E-state index is -3.17. The molecule has 21 heavy (non-hydrogen) atoms. The van der Waals surface area contributed by atoms with Crippen LogP contribution in [0.1, 0.15) is 31.5 Å². The van der Waals surface area contributed by atoms with E-state index in [-0.39, 0.29) is 5.54 Å². The quantitative estimate of drug-likeness (QED) is 0.910. The normalized spacial score (nSPS) is 18.0. The van der Waals surface area contributed by atoms with Gasteiger partial charge in [0.1, 0.15) is 5.82 Å². The minimum Gasteiger partial charge on any atom is -0.340 e. The maximum Gasteiger partial charge on any atom is 0.175 e. The van der Waals surface area contributed by atoms with E-state index in [4.69, 9.17) is 5.73 Å². The summed E-state index contributed by atoms with van der Waals surface area (Å²) in [5.41, 5.74) is 7.81. The molecule has 5 nitrogen and oxygen atoms in total. The third-order valence-electron chi connectivity index (χ3n) is 4.14. The molecule has 2 aromatic rings. The fourth-order valence-electron chi connectivity index (χ4n) is 2.85. The molecule has 1 aliphatic carbocycles. The van der Waals surface area contributed by atoms with Crippen LogP contribution in [0.15, 0.2) is 35.4 Å². The molecular weight excluding hydrogens is 286 g/mol. The van der Waals surface area contributed by atoms with Crippen molar-refractivity contribution in [2.24, 2.45) is 5.73 Å². The number of nitrogens with two attached hydrogens (primary N) is 1. The second-order valence-corrected chi connectivity index (χ2v) is 7.82. The van der Waals surface area contributed by atoms with E-state index >= 15 is 0 Å². The SMILES string of the molecule is CS(=O)(=O)c1ccc(-c2cnc(C3(N)CCCC3)[nH]2)cc1. The Labute approximate surface area is 124 Å². The molecule has 0 bridgehead atoms.